The Morgan fingerprint density at radius 3 is 2.08 bits per heavy atom. The Hall–Kier alpha value is -3.21. The number of rotatable bonds is 5. The first-order valence-electron chi connectivity index (χ1n) is 8.48. The van der Waals surface area contributed by atoms with Gasteiger partial charge in [-0.2, -0.15) is 0 Å². The van der Waals surface area contributed by atoms with E-state index in [1.807, 2.05) is 68.5 Å². The number of carbonyl (C=O) groups excluding carboxylic acids is 2. The smallest absolute Gasteiger partial charge is 0.253 e. The van der Waals surface area contributed by atoms with Crippen LogP contribution in [-0.2, 0) is 4.79 Å². The third-order valence-corrected chi connectivity index (χ3v) is 4.23. The van der Waals surface area contributed by atoms with Crippen LogP contribution >= 0.6 is 0 Å². The van der Waals surface area contributed by atoms with Gasteiger partial charge in [-0.15, -0.1) is 0 Å². The topological polar surface area (TPSA) is 85.1 Å². The van der Waals surface area contributed by atoms with Gasteiger partial charge in [-0.25, -0.2) is 4.98 Å². The highest BCUT2D eigenvalue weighted by Gasteiger charge is 2.21. The minimum absolute atomic E-state index is 0.328. The third-order valence-electron chi connectivity index (χ3n) is 4.23. The van der Waals surface area contributed by atoms with Crippen LogP contribution in [0.1, 0.15) is 30.6 Å². The Morgan fingerprint density at radius 2 is 1.58 bits per heavy atom. The van der Waals surface area contributed by atoms with E-state index in [0.29, 0.717) is 12.0 Å². The first-order chi connectivity index (χ1) is 12.5. The van der Waals surface area contributed by atoms with Gasteiger partial charge in [0.05, 0.1) is 16.6 Å². The van der Waals surface area contributed by atoms with E-state index in [9.17, 15) is 9.59 Å². The maximum Gasteiger partial charge on any atom is 0.253 e. The fourth-order valence-corrected chi connectivity index (χ4v) is 2.91. The molecule has 3 aromatic rings. The monoisotopic (exact) mass is 347 g/mol. The number of hydrogen-bond donors (Lipinski definition) is 2. The number of primary amides is 1. The normalized spacial score (nSPS) is 11.9. The summed E-state index contributed by atoms with van der Waals surface area (Å²) in [7, 11) is 0. The van der Waals surface area contributed by atoms with Crippen LogP contribution in [0.3, 0.4) is 0 Å². The zero-order valence-electron chi connectivity index (χ0n) is 14.8. The number of amides is 2. The summed E-state index contributed by atoms with van der Waals surface area (Å²) in [4.78, 5) is 29.5. The van der Waals surface area contributed by atoms with Crippen LogP contribution in [0.4, 0.5) is 0 Å². The fraction of sp³-hybridized carbons (Fsp3) is 0.190. The number of nitrogens with zero attached hydrogens (tertiary/aromatic N) is 1. The number of carbonyl (C=O) groups is 2. The summed E-state index contributed by atoms with van der Waals surface area (Å²) < 4.78 is 0. The number of nitrogens with two attached hydrogens (primary N) is 1. The third kappa shape index (κ3) is 3.57. The number of para-hydroxylation sites is 2. The van der Waals surface area contributed by atoms with E-state index in [1.165, 1.54) is 0 Å². The van der Waals surface area contributed by atoms with Gasteiger partial charge in [-0.1, -0.05) is 48.0 Å². The van der Waals surface area contributed by atoms with E-state index >= 15 is 0 Å². The lowest BCUT2D eigenvalue weighted by atomic mass is 10.0. The van der Waals surface area contributed by atoms with E-state index in [4.69, 9.17) is 5.73 Å². The van der Waals surface area contributed by atoms with Crippen LogP contribution < -0.4 is 11.1 Å². The average Bonchev–Trinajstić information content (AvgIpc) is 2.62. The molecule has 1 aromatic heterocycles. The van der Waals surface area contributed by atoms with E-state index in [2.05, 4.69) is 10.3 Å². The lowest BCUT2D eigenvalue weighted by Gasteiger charge is -2.16. The van der Waals surface area contributed by atoms with Crippen molar-refractivity contribution < 1.29 is 9.59 Å². The van der Waals surface area contributed by atoms with E-state index < -0.39 is 11.9 Å². The Labute approximate surface area is 151 Å². The van der Waals surface area contributed by atoms with Crippen molar-refractivity contribution in [3.8, 4) is 0 Å². The summed E-state index contributed by atoms with van der Waals surface area (Å²) in [6.45, 7) is 3.87. The molecule has 0 aliphatic heterocycles. The molecular formula is C21H21N3O2. The number of pyridine rings is 1. The van der Waals surface area contributed by atoms with Gasteiger partial charge in [0.2, 0.25) is 5.91 Å². The Bertz CT molecular complexity index is 966. The van der Waals surface area contributed by atoms with E-state index in [-0.39, 0.29) is 5.91 Å². The standard InChI is InChI=1S/C21H21N3O2/c1-13(2)11-12-18(20(22)25)24-21(26)19-14-7-3-5-9-16(14)23-17-10-6-4-8-15(17)19/h3-11,18H,12H2,1-2H3,(H2,22,25)(H,24,26)/t18-/m1/s1. The Morgan fingerprint density at radius 1 is 1.04 bits per heavy atom. The predicted octanol–water partition coefficient (Wildman–Crippen LogP) is 3.33. The molecule has 0 fully saturated rings. The molecule has 0 saturated carbocycles. The van der Waals surface area contributed by atoms with Gasteiger partial charge in [-0.3, -0.25) is 9.59 Å². The molecule has 26 heavy (non-hydrogen) atoms. The SMILES string of the molecule is CC(C)=CC[C@@H](NC(=O)c1c2ccccc2nc2ccccc12)C(N)=O. The second-order valence-electron chi connectivity index (χ2n) is 6.47. The second-order valence-corrected chi connectivity index (χ2v) is 6.47. The van der Waals surface area contributed by atoms with Gasteiger partial charge < -0.3 is 11.1 Å². The van der Waals surface area contributed by atoms with Crippen LogP contribution in [0.15, 0.2) is 60.2 Å². The highest BCUT2D eigenvalue weighted by Crippen LogP contribution is 2.26. The van der Waals surface area contributed by atoms with Crippen molar-refractivity contribution in [2.75, 3.05) is 0 Å². The molecule has 2 amide bonds. The number of nitrogens with one attached hydrogen (secondary N) is 1. The first-order valence-corrected chi connectivity index (χ1v) is 8.48. The fourth-order valence-electron chi connectivity index (χ4n) is 2.91. The maximum absolute atomic E-state index is 13.1. The Kier molecular flexibility index (Phi) is 4.98. The molecule has 0 aliphatic carbocycles. The molecule has 0 unspecified atom stereocenters. The van der Waals surface area contributed by atoms with Crippen molar-refractivity contribution in [1.29, 1.82) is 0 Å². The number of hydrogen-bond acceptors (Lipinski definition) is 3. The van der Waals surface area contributed by atoms with Crippen molar-refractivity contribution in [2.24, 2.45) is 5.73 Å². The van der Waals surface area contributed by atoms with Crippen LogP contribution in [0.5, 0.6) is 0 Å². The van der Waals surface area contributed by atoms with Crippen molar-refractivity contribution in [2.45, 2.75) is 26.3 Å². The molecule has 5 heteroatoms. The van der Waals surface area contributed by atoms with E-state index in [0.717, 1.165) is 27.4 Å². The number of fused-ring (bicyclic) bond motifs is 2. The summed E-state index contributed by atoms with van der Waals surface area (Å²) >= 11 is 0. The van der Waals surface area contributed by atoms with Crippen molar-refractivity contribution in [3.05, 3.63) is 65.7 Å². The summed E-state index contributed by atoms with van der Waals surface area (Å²) in [6, 6.07) is 14.2. The number of benzene rings is 2. The van der Waals surface area contributed by atoms with Crippen molar-refractivity contribution in [1.82, 2.24) is 10.3 Å². The zero-order valence-corrected chi connectivity index (χ0v) is 14.8. The van der Waals surface area contributed by atoms with Gasteiger partial charge in [0.1, 0.15) is 6.04 Å². The lowest BCUT2D eigenvalue weighted by Crippen LogP contribution is -2.44. The molecular weight excluding hydrogens is 326 g/mol. The summed E-state index contributed by atoms with van der Waals surface area (Å²) in [5, 5.41) is 4.28. The van der Waals surface area contributed by atoms with Crippen LogP contribution in [0, 0.1) is 0 Å². The van der Waals surface area contributed by atoms with Crippen molar-refractivity contribution in [3.63, 3.8) is 0 Å². The van der Waals surface area contributed by atoms with Crippen LogP contribution in [0.25, 0.3) is 21.8 Å². The first kappa shape index (κ1) is 17.6. The van der Waals surface area contributed by atoms with Gasteiger partial charge in [0.25, 0.3) is 5.91 Å². The highest BCUT2D eigenvalue weighted by atomic mass is 16.2. The van der Waals surface area contributed by atoms with Gasteiger partial charge >= 0.3 is 0 Å². The van der Waals surface area contributed by atoms with E-state index in [1.54, 1.807) is 0 Å². The summed E-state index contributed by atoms with van der Waals surface area (Å²) in [5.74, 6) is -0.885. The predicted molar refractivity (Wildman–Crippen MR) is 104 cm³/mol. The molecule has 3 N–H and O–H groups in total. The quantitative estimate of drug-likeness (QED) is 0.548. The molecule has 5 nitrogen and oxygen atoms in total. The van der Waals surface area contributed by atoms with Gasteiger partial charge in [-0.05, 0) is 32.4 Å². The highest BCUT2D eigenvalue weighted by molar-refractivity contribution is 6.16. The van der Waals surface area contributed by atoms with Gasteiger partial charge in [0, 0.05) is 10.8 Å². The molecule has 1 heterocycles. The molecule has 0 bridgehead atoms. The number of aromatic nitrogens is 1. The van der Waals surface area contributed by atoms with Crippen LogP contribution in [0.2, 0.25) is 0 Å². The summed E-state index contributed by atoms with van der Waals surface area (Å²) in [5.41, 5.74) is 8.51. The zero-order chi connectivity index (χ0) is 18.7. The average molecular weight is 347 g/mol. The van der Waals surface area contributed by atoms with Crippen LogP contribution in [-0.4, -0.2) is 22.8 Å². The summed E-state index contributed by atoms with van der Waals surface area (Å²) in [6.07, 6.45) is 2.25. The molecule has 0 saturated heterocycles. The Balaban J connectivity index is 2.08. The molecule has 0 aliphatic rings. The molecule has 3 rings (SSSR count). The van der Waals surface area contributed by atoms with Gasteiger partial charge in [0.15, 0.2) is 0 Å². The molecule has 0 spiro atoms. The molecule has 0 radical (unpaired) electrons. The lowest BCUT2D eigenvalue weighted by molar-refractivity contribution is -0.119. The molecule has 2 aromatic carbocycles. The second kappa shape index (κ2) is 7.35. The van der Waals surface area contributed by atoms with Crippen molar-refractivity contribution >= 4 is 33.6 Å². The maximum atomic E-state index is 13.1. The minimum Gasteiger partial charge on any atom is -0.368 e. The molecule has 1 atom stereocenters. The molecule has 132 valence electrons. The minimum atomic E-state index is -0.761. The number of allylic oxidation sites excluding steroid dienone is 1. The largest absolute Gasteiger partial charge is 0.368 e.